The lowest BCUT2D eigenvalue weighted by atomic mass is 10.0. The van der Waals surface area contributed by atoms with Gasteiger partial charge in [-0.1, -0.05) is 31.2 Å². The maximum atomic E-state index is 8.51. The second kappa shape index (κ2) is 3.21. The zero-order valence-electron chi connectivity index (χ0n) is 7.64. The van der Waals surface area contributed by atoms with Crippen LogP contribution in [0.1, 0.15) is 36.3 Å². The van der Waals surface area contributed by atoms with Crippen LogP contribution in [0.25, 0.3) is 0 Å². The van der Waals surface area contributed by atoms with Gasteiger partial charge in [0.1, 0.15) is 0 Å². The number of hydrogen-bond donors (Lipinski definition) is 1. The topological polar surface area (TPSA) is 32.6 Å². The Bertz CT molecular complexity index is 333. The molecule has 0 bridgehead atoms. The molecule has 0 aromatic heterocycles. The molecule has 0 amide bonds. The predicted molar refractivity (Wildman–Crippen MR) is 52.5 cm³/mol. The van der Waals surface area contributed by atoms with Gasteiger partial charge >= 0.3 is 0 Å². The summed E-state index contributed by atoms with van der Waals surface area (Å²) in [5, 5.41) is 11.6. The molecule has 2 atom stereocenters. The molecule has 1 aromatic rings. The average molecular weight is 175 g/mol. The van der Waals surface area contributed by atoms with Crippen LogP contribution in [-0.4, -0.2) is 11.4 Å². The summed E-state index contributed by atoms with van der Waals surface area (Å²) < 4.78 is 0. The highest BCUT2D eigenvalue weighted by molar-refractivity contribution is 5.70. The third-order valence-corrected chi connectivity index (χ3v) is 2.78. The molecule has 0 heterocycles. The second-order valence-electron chi connectivity index (χ2n) is 3.64. The lowest BCUT2D eigenvalue weighted by Crippen LogP contribution is -1.93. The molecular formula is C11H13NO. The minimum absolute atomic E-state index is 0.302. The largest absolute Gasteiger partial charge is 0.411 e. The lowest BCUT2D eigenvalue weighted by Gasteiger charge is -2.02. The zero-order valence-corrected chi connectivity index (χ0v) is 7.64. The number of nitrogens with zero attached hydrogens (tertiary/aromatic N) is 1. The Morgan fingerprint density at radius 2 is 2.08 bits per heavy atom. The van der Waals surface area contributed by atoms with Gasteiger partial charge in [-0.05, 0) is 23.5 Å². The predicted octanol–water partition coefficient (Wildman–Crippen LogP) is 2.74. The number of benzene rings is 1. The Morgan fingerprint density at radius 1 is 1.38 bits per heavy atom. The molecule has 1 aliphatic carbocycles. The quantitative estimate of drug-likeness (QED) is 0.397. The summed E-state index contributed by atoms with van der Waals surface area (Å²) in [7, 11) is 0. The molecule has 0 saturated heterocycles. The summed E-state index contributed by atoms with van der Waals surface area (Å²) in [5.74, 6) is 0.885. The molecule has 2 rings (SSSR count). The van der Waals surface area contributed by atoms with E-state index in [0.717, 1.165) is 6.42 Å². The van der Waals surface area contributed by atoms with Crippen LogP contribution >= 0.6 is 0 Å². The maximum Gasteiger partial charge on any atom is 0.0511 e. The van der Waals surface area contributed by atoms with Crippen LogP contribution in [0, 0.1) is 0 Å². The van der Waals surface area contributed by atoms with E-state index in [0.29, 0.717) is 11.8 Å². The van der Waals surface area contributed by atoms with Crippen LogP contribution < -0.4 is 0 Å². The van der Waals surface area contributed by atoms with Crippen LogP contribution in [0.5, 0.6) is 0 Å². The van der Waals surface area contributed by atoms with Crippen molar-refractivity contribution >= 4 is 6.21 Å². The Hall–Kier alpha value is -1.31. The molecule has 2 nitrogen and oxygen atoms in total. The van der Waals surface area contributed by atoms with E-state index in [1.54, 1.807) is 6.21 Å². The molecule has 2 heteroatoms. The molecule has 0 aliphatic heterocycles. The van der Waals surface area contributed by atoms with E-state index in [1.165, 1.54) is 11.1 Å². The summed E-state index contributed by atoms with van der Waals surface area (Å²) in [6, 6.07) is 8.37. The Labute approximate surface area is 77.9 Å². The van der Waals surface area contributed by atoms with Crippen LogP contribution in [0.2, 0.25) is 0 Å². The maximum absolute atomic E-state index is 8.51. The molecule has 13 heavy (non-hydrogen) atoms. The highest BCUT2D eigenvalue weighted by atomic mass is 16.4. The second-order valence-corrected chi connectivity index (χ2v) is 3.64. The molecule has 1 aromatic carbocycles. The molecule has 0 saturated carbocycles. The summed E-state index contributed by atoms with van der Waals surface area (Å²) in [5.41, 5.74) is 2.71. The summed E-state index contributed by atoms with van der Waals surface area (Å²) in [6.45, 7) is 2.21. The van der Waals surface area contributed by atoms with E-state index in [-0.39, 0.29) is 0 Å². The van der Waals surface area contributed by atoms with Gasteiger partial charge in [0, 0.05) is 5.92 Å². The molecule has 0 radical (unpaired) electrons. The standard InChI is InChI=1S/C11H13NO/c1-8-6-9(7-12-13)11-5-3-2-4-10(8)11/h2-5,7-9,13H,6H2,1H3. The van der Waals surface area contributed by atoms with Crippen molar-refractivity contribution in [3.63, 3.8) is 0 Å². The molecule has 1 N–H and O–H groups in total. The van der Waals surface area contributed by atoms with E-state index in [4.69, 9.17) is 5.21 Å². The first-order chi connectivity index (χ1) is 6.33. The average Bonchev–Trinajstić information content (AvgIpc) is 2.46. The van der Waals surface area contributed by atoms with Crippen LogP contribution in [0.4, 0.5) is 0 Å². The van der Waals surface area contributed by atoms with Gasteiger partial charge in [0.25, 0.3) is 0 Å². The Balaban J connectivity index is 2.41. The summed E-state index contributed by atoms with van der Waals surface area (Å²) in [4.78, 5) is 0. The minimum atomic E-state index is 0.302. The molecule has 0 spiro atoms. The smallest absolute Gasteiger partial charge is 0.0511 e. The third-order valence-electron chi connectivity index (χ3n) is 2.78. The van der Waals surface area contributed by atoms with Crippen LogP contribution in [0.3, 0.4) is 0 Å². The molecule has 1 aliphatic rings. The van der Waals surface area contributed by atoms with E-state index in [1.807, 2.05) is 6.07 Å². The van der Waals surface area contributed by atoms with Gasteiger partial charge in [-0.25, -0.2) is 0 Å². The van der Waals surface area contributed by atoms with Crippen molar-refractivity contribution in [2.24, 2.45) is 5.16 Å². The van der Waals surface area contributed by atoms with Crippen molar-refractivity contribution in [1.29, 1.82) is 0 Å². The fourth-order valence-electron chi connectivity index (χ4n) is 2.15. The van der Waals surface area contributed by atoms with Gasteiger partial charge in [0.05, 0.1) is 6.21 Å². The van der Waals surface area contributed by atoms with E-state index < -0.39 is 0 Å². The third kappa shape index (κ3) is 1.32. The molecule has 0 fully saturated rings. The fraction of sp³-hybridized carbons (Fsp3) is 0.364. The number of oxime groups is 1. The SMILES string of the molecule is CC1CC(C=NO)c2ccccc21. The molecular weight excluding hydrogens is 162 g/mol. The minimum Gasteiger partial charge on any atom is -0.411 e. The van der Waals surface area contributed by atoms with Gasteiger partial charge in [0.2, 0.25) is 0 Å². The summed E-state index contributed by atoms with van der Waals surface area (Å²) >= 11 is 0. The van der Waals surface area contributed by atoms with Gasteiger partial charge < -0.3 is 5.21 Å². The Morgan fingerprint density at radius 3 is 2.77 bits per heavy atom. The highest BCUT2D eigenvalue weighted by Crippen LogP contribution is 2.39. The van der Waals surface area contributed by atoms with E-state index in [9.17, 15) is 0 Å². The van der Waals surface area contributed by atoms with E-state index >= 15 is 0 Å². The van der Waals surface area contributed by atoms with Crippen LogP contribution in [0.15, 0.2) is 29.4 Å². The molecule has 2 unspecified atom stereocenters. The van der Waals surface area contributed by atoms with E-state index in [2.05, 4.69) is 30.3 Å². The Kier molecular flexibility index (Phi) is 2.05. The first kappa shape index (κ1) is 8.30. The normalized spacial score (nSPS) is 26.5. The van der Waals surface area contributed by atoms with Crippen molar-refractivity contribution in [3.8, 4) is 0 Å². The first-order valence-corrected chi connectivity index (χ1v) is 4.59. The van der Waals surface area contributed by atoms with Gasteiger partial charge in [-0.3, -0.25) is 0 Å². The first-order valence-electron chi connectivity index (χ1n) is 4.59. The van der Waals surface area contributed by atoms with Crippen molar-refractivity contribution in [2.45, 2.75) is 25.2 Å². The van der Waals surface area contributed by atoms with Crippen LogP contribution in [-0.2, 0) is 0 Å². The van der Waals surface area contributed by atoms with Gasteiger partial charge in [-0.2, -0.15) is 0 Å². The van der Waals surface area contributed by atoms with Crippen molar-refractivity contribution in [1.82, 2.24) is 0 Å². The zero-order chi connectivity index (χ0) is 9.26. The van der Waals surface area contributed by atoms with Crippen molar-refractivity contribution in [3.05, 3.63) is 35.4 Å². The number of fused-ring (bicyclic) bond motifs is 1. The summed E-state index contributed by atoms with van der Waals surface area (Å²) in [6.07, 6.45) is 2.69. The van der Waals surface area contributed by atoms with Crippen molar-refractivity contribution in [2.75, 3.05) is 0 Å². The molecule has 68 valence electrons. The van der Waals surface area contributed by atoms with Gasteiger partial charge in [0.15, 0.2) is 0 Å². The van der Waals surface area contributed by atoms with Crippen molar-refractivity contribution < 1.29 is 5.21 Å². The highest BCUT2D eigenvalue weighted by Gasteiger charge is 2.26. The lowest BCUT2D eigenvalue weighted by molar-refractivity contribution is 0.319. The number of rotatable bonds is 1. The monoisotopic (exact) mass is 175 g/mol. The number of hydrogen-bond acceptors (Lipinski definition) is 2. The fourth-order valence-corrected chi connectivity index (χ4v) is 2.15. The van der Waals surface area contributed by atoms with Gasteiger partial charge in [-0.15, -0.1) is 5.16 Å².